The minimum absolute atomic E-state index is 0.286. The molecular weight excluding hydrogens is 366 g/mol. The second-order valence-electron chi connectivity index (χ2n) is 7.40. The summed E-state index contributed by atoms with van der Waals surface area (Å²) in [6.07, 6.45) is 8.49. The summed E-state index contributed by atoms with van der Waals surface area (Å²) in [6.45, 7) is 3.43. The summed E-state index contributed by atoms with van der Waals surface area (Å²) < 4.78 is 6.08. The van der Waals surface area contributed by atoms with Crippen molar-refractivity contribution < 1.29 is 4.74 Å². The lowest BCUT2D eigenvalue weighted by molar-refractivity contribution is 0.116. The number of hydrogen-bond acceptors (Lipinski definition) is 8. The smallest absolute Gasteiger partial charge is 0.224 e. The van der Waals surface area contributed by atoms with Gasteiger partial charge in [-0.25, -0.2) is 19.9 Å². The first-order valence-corrected chi connectivity index (χ1v) is 9.93. The van der Waals surface area contributed by atoms with Crippen molar-refractivity contribution in [2.24, 2.45) is 0 Å². The fourth-order valence-corrected chi connectivity index (χ4v) is 3.69. The molecule has 8 nitrogen and oxygen atoms in total. The molecule has 2 aliphatic rings. The van der Waals surface area contributed by atoms with E-state index in [1.165, 1.54) is 12.6 Å². The molecule has 0 unspecified atom stereocenters. The summed E-state index contributed by atoms with van der Waals surface area (Å²) in [5.74, 6) is 1.50. The van der Waals surface area contributed by atoms with Crippen LogP contribution in [0.25, 0.3) is 10.9 Å². The van der Waals surface area contributed by atoms with E-state index in [0.29, 0.717) is 11.6 Å². The number of rotatable bonds is 4. The highest BCUT2D eigenvalue weighted by atomic mass is 16.5. The second kappa shape index (κ2) is 7.51. The fraction of sp³-hybridized carbons (Fsp3) is 0.381. The van der Waals surface area contributed by atoms with E-state index < -0.39 is 0 Å². The molecule has 1 saturated heterocycles. The lowest BCUT2D eigenvalue weighted by Crippen LogP contribution is -2.46. The van der Waals surface area contributed by atoms with E-state index in [1.54, 1.807) is 12.5 Å². The molecule has 0 N–H and O–H groups in total. The van der Waals surface area contributed by atoms with E-state index in [9.17, 15) is 0 Å². The maximum atomic E-state index is 8.87. The van der Waals surface area contributed by atoms with Crippen LogP contribution in [0.5, 0.6) is 5.88 Å². The zero-order chi connectivity index (χ0) is 19.6. The molecule has 1 aliphatic carbocycles. The minimum atomic E-state index is 0.286. The number of aromatic nitrogens is 4. The topological polar surface area (TPSA) is 91.1 Å². The zero-order valence-electron chi connectivity index (χ0n) is 16.0. The van der Waals surface area contributed by atoms with Crippen molar-refractivity contribution in [2.45, 2.75) is 25.4 Å². The third-order valence-corrected chi connectivity index (χ3v) is 5.63. The molecule has 0 bridgehead atoms. The van der Waals surface area contributed by atoms with E-state index in [-0.39, 0.29) is 6.10 Å². The highest BCUT2D eigenvalue weighted by Crippen LogP contribution is 2.31. The molecule has 146 valence electrons. The third-order valence-electron chi connectivity index (χ3n) is 5.63. The van der Waals surface area contributed by atoms with Crippen LogP contribution in [0.2, 0.25) is 0 Å². The van der Waals surface area contributed by atoms with Crippen molar-refractivity contribution in [3.05, 3.63) is 42.6 Å². The van der Waals surface area contributed by atoms with Gasteiger partial charge in [0, 0.05) is 31.9 Å². The van der Waals surface area contributed by atoms with E-state index in [0.717, 1.165) is 61.4 Å². The van der Waals surface area contributed by atoms with Crippen LogP contribution in [0.4, 0.5) is 11.5 Å². The molecule has 8 heteroatoms. The molecule has 2 fully saturated rings. The van der Waals surface area contributed by atoms with Crippen LogP contribution in [0, 0.1) is 11.3 Å². The van der Waals surface area contributed by atoms with Gasteiger partial charge in [0.15, 0.2) is 5.69 Å². The Hall–Kier alpha value is -3.47. The first-order valence-electron chi connectivity index (χ1n) is 9.93. The Labute approximate surface area is 168 Å². The van der Waals surface area contributed by atoms with E-state index >= 15 is 0 Å². The second-order valence-corrected chi connectivity index (χ2v) is 7.40. The van der Waals surface area contributed by atoms with Gasteiger partial charge in [-0.2, -0.15) is 5.26 Å². The average molecular weight is 387 g/mol. The maximum Gasteiger partial charge on any atom is 0.224 e. The van der Waals surface area contributed by atoms with Crippen molar-refractivity contribution in [3.63, 3.8) is 0 Å². The van der Waals surface area contributed by atoms with Gasteiger partial charge in [-0.1, -0.05) is 0 Å². The summed E-state index contributed by atoms with van der Waals surface area (Å²) in [5, 5.41) is 9.84. The molecule has 1 aliphatic heterocycles. The Balaban J connectivity index is 1.32. The van der Waals surface area contributed by atoms with Crippen molar-refractivity contribution in [2.75, 3.05) is 36.0 Å². The summed E-state index contributed by atoms with van der Waals surface area (Å²) in [4.78, 5) is 21.8. The molecule has 3 aromatic rings. The van der Waals surface area contributed by atoms with Gasteiger partial charge in [-0.3, -0.25) is 0 Å². The van der Waals surface area contributed by atoms with Gasteiger partial charge < -0.3 is 14.5 Å². The summed E-state index contributed by atoms with van der Waals surface area (Å²) >= 11 is 0. The van der Waals surface area contributed by atoms with Gasteiger partial charge in [0.25, 0.3) is 0 Å². The number of anilines is 2. The van der Waals surface area contributed by atoms with Gasteiger partial charge in [-0.05, 0) is 37.5 Å². The molecule has 1 saturated carbocycles. The van der Waals surface area contributed by atoms with Crippen molar-refractivity contribution in [1.82, 2.24) is 19.9 Å². The van der Waals surface area contributed by atoms with Crippen LogP contribution in [0.1, 0.15) is 25.0 Å². The number of ether oxygens (including phenoxy) is 1. The number of nitriles is 1. The fourth-order valence-electron chi connectivity index (χ4n) is 3.69. The Morgan fingerprint density at radius 1 is 0.966 bits per heavy atom. The molecule has 0 spiro atoms. The quantitative estimate of drug-likeness (QED) is 0.675. The Kier molecular flexibility index (Phi) is 4.56. The lowest BCUT2D eigenvalue weighted by Gasteiger charge is -2.36. The van der Waals surface area contributed by atoms with E-state index in [4.69, 9.17) is 10.00 Å². The summed E-state index contributed by atoms with van der Waals surface area (Å²) in [5.41, 5.74) is 2.39. The largest absolute Gasteiger partial charge is 0.474 e. The number of piperazine rings is 1. The summed E-state index contributed by atoms with van der Waals surface area (Å²) in [6, 6.07) is 8.29. The van der Waals surface area contributed by atoms with Crippen molar-refractivity contribution in [1.29, 1.82) is 5.26 Å². The number of hydrogen-bond donors (Lipinski definition) is 0. The molecule has 3 heterocycles. The van der Waals surface area contributed by atoms with Crippen LogP contribution >= 0.6 is 0 Å². The van der Waals surface area contributed by atoms with Gasteiger partial charge in [0.1, 0.15) is 24.3 Å². The molecular formula is C21H21N7O. The highest BCUT2D eigenvalue weighted by Gasteiger charge is 2.22. The highest BCUT2D eigenvalue weighted by molar-refractivity contribution is 5.86. The number of benzene rings is 1. The molecule has 29 heavy (non-hydrogen) atoms. The van der Waals surface area contributed by atoms with Gasteiger partial charge in [0.05, 0.1) is 23.3 Å². The summed E-state index contributed by atoms with van der Waals surface area (Å²) in [7, 11) is 0. The SMILES string of the molecule is N#Cc1cnc(N2CCN(c3ccc4ncnc(OC5CCC5)c4c3)CC2)cn1. The van der Waals surface area contributed by atoms with Crippen molar-refractivity contribution >= 4 is 22.4 Å². The van der Waals surface area contributed by atoms with Crippen LogP contribution in [0.3, 0.4) is 0 Å². The Morgan fingerprint density at radius 3 is 2.48 bits per heavy atom. The standard InChI is InChI=1S/C21H21N7O/c22-11-15-12-24-20(13-23-15)28-8-6-27(7-9-28)16-4-5-19-18(10-16)21(26-14-25-19)29-17-2-1-3-17/h4-5,10,12-14,17H,1-3,6-9H2. The van der Waals surface area contributed by atoms with E-state index in [1.807, 2.05) is 12.1 Å². The molecule has 2 aromatic heterocycles. The average Bonchev–Trinajstić information content (AvgIpc) is 2.76. The first-order chi connectivity index (χ1) is 14.3. The number of fused-ring (bicyclic) bond motifs is 1. The predicted molar refractivity (Wildman–Crippen MR) is 109 cm³/mol. The predicted octanol–water partition coefficient (Wildman–Crippen LogP) is 2.55. The zero-order valence-corrected chi connectivity index (χ0v) is 16.0. The third kappa shape index (κ3) is 3.51. The minimum Gasteiger partial charge on any atom is -0.474 e. The maximum absolute atomic E-state index is 8.87. The Bertz CT molecular complexity index is 1050. The van der Waals surface area contributed by atoms with Crippen LogP contribution in [0.15, 0.2) is 36.9 Å². The van der Waals surface area contributed by atoms with Crippen molar-refractivity contribution in [3.8, 4) is 11.9 Å². The van der Waals surface area contributed by atoms with Gasteiger partial charge in [-0.15, -0.1) is 0 Å². The molecule has 5 rings (SSSR count). The lowest BCUT2D eigenvalue weighted by atomic mass is 9.96. The molecule has 0 amide bonds. The van der Waals surface area contributed by atoms with E-state index in [2.05, 4.69) is 41.9 Å². The first kappa shape index (κ1) is 17.6. The number of nitrogens with zero attached hydrogens (tertiary/aromatic N) is 7. The molecule has 0 radical (unpaired) electrons. The molecule has 1 aromatic carbocycles. The van der Waals surface area contributed by atoms with Crippen LogP contribution in [-0.2, 0) is 0 Å². The normalized spacial score (nSPS) is 17.1. The monoisotopic (exact) mass is 387 g/mol. The van der Waals surface area contributed by atoms with Gasteiger partial charge in [0.2, 0.25) is 5.88 Å². The Morgan fingerprint density at radius 2 is 1.79 bits per heavy atom. The van der Waals surface area contributed by atoms with Crippen LogP contribution < -0.4 is 14.5 Å². The van der Waals surface area contributed by atoms with Crippen LogP contribution in [-0.4, -0.2) is 52.2 Å². The van der Waals surface area contributed by atoms with Gasteiger partial charge >= 0.3 is 0 Å². The molecule has 0 atom stereocenters.